The smallest absolute Gasteiger partial charge is 0.0442 e. The second-order valence-corrected chi connectivity index (χ2v) is 5.56. The van der Waals surface area contributed by atoms with Crippen LogP contribution in [-0.2, 0) is 6.42 Å². The zero-order valence-electron chi connectivity index (χ0n) is 10.1. The summed E-state index contributed by atoms with van der Waals surface area (Å²) in [5.74, 6) is 0. The maximum Gasteiger partial charge on any atom is 0.0442 e. The minimum absolute atomic E-state index is 0.181. The van der Waals surface area contributed by atoms with Gasteiger partial charge < -0.3 is 10.6 Å². The van der Waals surface area contributed by atoms with Gasteiger partial charge in [0.2, 0.25) is 0 Å². The van der Waals surface area contributed by atoms with Gasteiger partial charge in [-0.1, -0.05) is 11.6 Å². The molecular formula is C14H19ClN2. The molecule has 1 fully saturated rings. The van der Waals surface area contributed by atoms with Gasteiger partial charge in [-0.3, -0.25) is 0 Å². The van der Waals surface area contributed by atoms with Gasteiger partial charge in [0.15, 0.2) is 0 Å². The second kappa shape index (κ2) is 4.51. The topological polar surface area (TPSA) is 29.3 Å². The van der Waals surface area contributed by atoms with Crippen molar-refractivity contribution < 1.29 is 0 Å². The summed E-state index contributed by atoms with van der Waals surface area (Å²) in [4.78, 5) is 2.49. The van der Waals surface area contributed by atoms with Gasteiger partial charge in [-0.05, 0) is 55.4 Å². The lowest BCUT2D eigenvalue weighted by Gasteiger charge is -2.31. The van der Waals surface area contributed by atoms with E-state index in [0.717, 1.165) is 17.9 Å². The van der Waals surface area contributed by atoms with E-state index in [-0.39, 0.29) is 6.04 Å². The van der Waals surface area contributed by atoms with E-state index in [2.05, 4.69) is 11.0 Å². The molecule has 2 nitrogen and oxygen atoms in total. The Balaban J connectivity index is 2.02. The molecule has 1 atom stereocenters. The van der Waals surface area contributed by atoms with Crippen LogP contribution in [0.1, 0.15) is 42.9 Å². The van der Waals surface area contributed by atoms with Gasteiger partial charge in [-0.25, -0.2) is 0 Å². The largest absolute Gasteiger partial charge is 0.371 e. The van der Waals surface area contributed by atoms with Gasteiger partial charge in [0, 0.05) is 29.8 Å². The van der Waals surface area contributed by atoms with Crippen LogP contribution < -0.4 is 10.6 Å². The van der Waals surface area contributed by atoms with Gasteiger partial charge in [0.05, 0.1) is 0 Å². The van der Waals surface area contributed by atoms with E-state index in [1.807, 2.05) is 6.07 Å². The van der Waals surface area contributed by atoms with E-state index in [9.17, 15) is 0 Å². The Morgan fingerprint density at radius 1 is 1.18 bits per heavy atom. The molecule has 0 spiro atoms. The lowest BCUT2D eigenvalue weighted by atomic mass is 10.0. The van der Waals surface area contributed by atoms with Gasteiger partial charge in [0.25, 0.3) is 0 Å². The third-order valence-corrected chi connectivity index (χ3v) is 4.40. The normalized spacial score (nSPS) is 23.9. The maximum atomic E-state index is 6.27. The lowest BCUT2D eigenvalue weighted by Crippen LogP contribution is -2.30. The van der Waals surface area contributed by atoms with Crippen LogP contribution in [0.15, 0.2) is 12.1 Å². The van der Waals surface area contributed by atoms with Crippen LogP contribution in [0, 0.1) is 0 Å². The van der Waals surface area contributed by atoms with Crippen molar-refractivity contribution in [3.05, 3.63) is 28.3 Å². The summed E-state index contributed by atoms with van der Waals surface area (Å²) >= 11 is 6.27. The minimum atomic E-state index is 0.181. The molecule has 0 aromatic heterocycles. The molecule has 2 N–H and O–H groups in total. The number of piperidine rings is 1. The second-order valence-electron chi connectivity index (χ2n) is 5.15. The molecule has 2 aliphatic rings. The first kappa shape index (κ1) is 11.4. The van der Waals surface area contributed by atoms with Crippen LogP contribution in [-0.4, -0.2) is 13.1 Å². The number of anilines is 1. The molecule has 0 radical (unpaired) electrons. The van der Waals surface area contributed by atoms with E-state index in [0.29, 0.717) is 0 Å². The number of hydrogen-bond donors (Lipinski definition) is 1. The number of nitrogens with zero attached hydrogens (tertiary/aromatic N) is 1. The summed E-state index contributed by atoms with van der Waals surface area (Å²) in [7, 11) is 0. The molecule has 1 heterocycles. The van der Waals surface area contributed by atoms with E-state index in [4.69, 9.17) is 17.3 Å². The Morgan fingerprint density at radius 3 is 2.71 bits per heavy atom. The molecule has 0 saturated carbocycles. The SMILES string of the molecule is NC1CCc2c(Cl)ccc(N3CCCCC3)c21. The monoisotopic (exact) mass is 250 g/mol. The summed E-state index contributed by atoms with van der Waals surface area (Å²) in [5.41, 5.74) is 10.2. The van der Waals surface area contributed by atoms with E-state index in [1.54, 1.807) is 0 Å². The standard InChI is InChI=1S/C14H19ClN2/c15-11-5-7-13(17-8-2-1-3-9-17)14-10(11)4-6-12(14)16/h5,7,12H,1-4,6,8-9,16H2. The fraction of sp³-hybridized carbons (Fsp3) is 0.571. The molecule has 0 bridgehead atoms. The van der Waals surface area contributed by atoms with Crippen LogP contribution in [0.2, 0.25) is 5.02 Å². The first-order valence-electron chi connectivity index (χ1n) is 6.59. The molecule has 1 aliphatic carbocycles. The number of fused-ring (bicyclic) bond motifs is 1. The van der Waals surface area contributed by atoms with Crippen molar-refractivity contribution in [2.45, 2.75) is 38.1 Å². The average Bonchev–Trinajstić information content (AvgIpc) is 2.75. The third-order valence-electron chi connectivity index (χ3n) is 4.05. The van der Waals surface area contributed by atoms with E-state index < -0.39 is 0 Å². The number of halogens is 1. The highest BCUT2D eigenvalue weighted by Crippen LogP contribution is 2.41. The van der Waals surface area contributed by atoms with E-state index in [1.165, 1.54) is 49.2 Å². The van der Waals surface area contributed by atoms with Crippen molar-refractivity contribution in [2.24, 2.45) is 5.73 Å². The van der Waals surface area contributed by atoms with Crippen LogP contribution >= 0.6 is 11.6 Å². The van der Waals surface area contributed by atoms with Crippen LogP contribution in [0.25, 0.3) is 0 Å². The molecule has 1 unspecified atom stereocenters. The highest BCUT2D eigenvalue weighted by atomic mass is 35.5. The van der Waals surface area contributed by atoms with Crippen LogP contribution in [0.4, 0.5) is 5.69 Å². The maximum absolute atomic E-state index is 6.27. The lowest BCUT2D eigenvalue weighted by molar-refractivity contribution is 0.574. The van der Waals surface area contributed by atoms with Gasteiger partial charge in [-0.2, -0.15) is 0 Å². The van der Waals surface area contributed by atoms with Crippen molar-refractivity contribution in [3.8, 4) is 0 Å². The molecule has 1 aromatic carbocycles. The Hall–Kier alpha value is -0.730. The summed E-state index contributed by atoms with van der Waals surface area (Å²) < 4.78 is 0. The van der Waals surface area contributed by atoms with Crippen molar-refractivity contribution in [1.29, 1.82) is 0 Å². The Labute approximate surface area is 108 Å². The summed E-state index contributed by atoms with van der Waals surface area (Å²) in [6, 6.07) is 4.39. The fourth-order valence-corrected chi connectivity index (χ4v) is 3.41. The molecule has 17 heavy (non-hydrogen) atoms. The summed E-state index contributed by atoms with van der Waals surface area (Å²) in [6.45, 7) is 2.33. The fourth-order valence-electron chi connectivity index (χ4n) is 3.15. The minimum Gasteiger partial charge on any atom is -0.371 e. The van der Waals surface area contributed by atoms with Crippen molar-refractivity contribution in [1.82, 2.24) is 0 Å². The predicted molar refractivity (Wildman–Crippen MR) is 72.8 cm³/mol. The van der Waals surface area contributed by atoms with Gasteiger partial charge >= 0.3 is 0 Å². The summed E-state index contributed by atoms with van der Waals surface area (Å²) in [6.07, 6.45) is 6.04. The highest BCUT2D eigenvalue weighted by Gasteiger charge is 2.27. The van der Waals surface area contributed by atoms with Gasteiger partial charge in [0.1, 0.15) is 0 Å². The number of benzene rings is 1. The zero-order chi connectivity index (χ0) is 11.8. The van der Waals surface area contributed by atoms with Crippen LogP contribution in [0.3, 0.4) is 0 Å². The predicted octanol–water partition coefficient (Wildman–Crippen LogP) is 3.28. The average molecular weight is 251 g/mol. The Morgan fingerprint density at radius 2 is 1.94 bits per heavy atom. The molecule has 1 aliphatic heterocycles. The Bertz CT molecular complexity index is 424. The molecule has 92 valence electrons. The molecule has 0 amide bonds. The first-order chi connectivity index (χ1) is 8.27. The Kier molecular flexibility index (Phi) is 3.01. The van der Waals surface area contributed by atoms with Crippen molar-refractivity contribution >= 4 is 17.3 Å². The quantitative estimate of drug-likeness (QED) is 0.829. The molecular weight excluding hydrogens is 232 g/mol. The molecule has 1 saturated heterocycles. The zero-order valence-corrected chi connectivity index (χ0v) is 10.8. The van der Waals surface area contributed by atoms with Gasteiger partial charge in [-0.15, -0.1) is 0 Å². The van der Waals surface area contributed by atoms with Crippen LogP contribution in [0.5, 0.6) is 0 Å². The molecule has 3 heteroatoms. The van der Waals surface area contributed by atoms with Crippen molar-refractivity contribution in [3.63, 3.8) is 0 Å². The number of rotatable bonds is 1. The number of hydrogen-bond acceptors (Lipinski definition) is 2. The van der Waals surface area contributed by atoms with E-state index >= 15 is 0 Å². The first-order valence-corrected chi connectivity index (χ1v) is 6.97. The molecule has 1 aromatic rings. The number of nitrogens with two attached hydrogens (primary N) is 1. The third kappa shape index (κ3) is 1.94. The highest BCUT2D eigenvalue weighted by molar-refractivity contribution is 6.31. The summed E-state index contributed by atoms with van der Waals surface area (Å²) in [5, 5.41) is 0.897. The molecule has 3 rings (SSSR count). The van der Waals surface area contributed by atoms with Crippen molar-refractivity contribution in [2.75, 3.05) is 18.0 Å².